The highest BCUT2D eigenvalue weighted by molar-refractivity contribution is 6.32. The molecular formula is C22H23ClO4. The fourth-order valence-electron chi connectivity index (χ4n) is 3.23. The number of Topliss-reactive ketones (excluding diaryl/α,β-unsaturated/α-hetero) is 1. The van der Waals surface area contributed by atoms with E-state index in [9.17, 15) is 9.90 Å². The summed E-state index contributed by atoms with van der Waals surface area (Å²) in [4.78, 5) is 12.6. The molecule has 0 unspecified atom stereocenters. The SMILES string of the molecule is CCc1ccc(-c2ccc(Cl)c(OC)c2)cc1C1=C(O)C(C)(C)OCC1=O. The smallest absolute Gasteiger partial charge is 0.192 e. The van der Waals surface area contributed by atoms with Crippen LogP contribution in [0.15, 0.2) is 42.2 Å². The summed E-state index contributed by atoms with van der Waals surface area (Å²) in [6.07, 6.45) is 0.741. The number of methoxy groups -OCH3 is 1. The van der Waals surface area contributed by atoms with E-state index in [1.165, 1.54) is 0 Å². The molecule has 0 atom stereocenters. The summed E-state index contributed by atoms with van der Waals surface area (Å²) in [7, 11) is 1.57. The van der Waals surface area contributed by atoms with Gasteiger partial charge in [0.2, 0.25) is 0 Å². The van der Waals surface area contributed by atoms with Gasteiger partial charge in [-0.25, -0.2) is 0 Å². The lowest BCUT2D eigenvalue weighted by Crippen LogP contribution is -2.37. The number of rotatable bonds is 4. The summed E-state index contributed by atoms with van der Waals surface area (Å²) in [5.41, 5.74) is 3.00. The Kier molecular flexibility index (Phi) is 5.31. The van der Waals surface area contributed by atoms with E-state index >= 15 is 0 Å². The van der Waals surface area contributed by atoms with E-state index in [1.807, 2.05) is 37.3 Å². The molecule has 1 N–H and O–H groups in total. The molecule has 0 saturated heterocycles. The standard InChI is InChI=1S/C22H23ClO4/c1-5-13-6-7-14(15-8-9-17(23)19(11-15)26-4)10-16(13)20-18(24)12-27-22(2,3)21(20)25/h6-11,25H,5,12H2,1-4H3. The van der Waals surface area contributed by atoms with E-state index in [0.717, 1.165) is 28.7 Å². The van der Waals surface area contributed by atoms with Gasteiger partial charge in [0.25, 0.3) is 0 Å². The predicted molar refractivity (Wildman–Crippen MR) is 107 cm³/mol. The monoisotopic (exact) mass is 386 g/mol. The van der Waals surface area contributed by atoms with Gasteiger partial charge >= 0.3 is 0 Å². The van der Waals surface area contributed by atoms with Gasteiger partial charge in [-0.2, -0.15) is 0 Å². The Labute approximate surface area is 164 Å². The maximum absolute atomic E-state index is 12.6. The molecule has 0 fully saturated rings. The molecule has 0 amide bonds. The maximum Gasteiger partial charge on any atom is 0.192 e. The maximum atomic E-state index is 12.6. The van der Waals surface area contributed by atoms with Crippen molar-refractivity contribution < 1.29 is 19.4 Å². The van der Waals surface area contributed by atoms with E-state index in [0.29, 0.717) is 16.3 Å². The molecule has 0 aromatic heterocycles. The lowest BCUT2D eigenvalue weighted by atomic mass is 9.86. The number of ether oxygens (including phenoxy) is 2. The van der Waals surface area contributed by atoms with Gasteiger partial charge < -0.3 is 14.6 Å². The van der Waals surface area contributed by atoms with Crippen molar-refractivity contribution in [2.75, 3.05) is 13.7 Å². The van der Waals surface area contributed by atoms with Crippen LogP contribution in [0.5, 0.6) is 5.75 Å². The third-order valence-electron chi connectivity index (χ3n) is 4.89. The third kappa shape index (κ3) is 3.60. The molecule has 1 aliphatic rings. The van der Waals surface area contributed by atoms with Crippen molar-refractivity contribution in [1.29, 1.82) is 0 Å². The summed E-state index contributed by atoms with van der Waals surface area (Å²) in [6, 6.07) is 11.5. The van der Waals surface area contributed by atoms with Crippen LogP contribution in [0.4, 0.5) is 0 Å². The number of aliphatic hydroxyl groups excluding tert-OH is 1. The highest BCUT2D eigenvalue weighted by atomic mass is 35.5. The van der Waals surface area contributed by atoms with Crippen molar-refractivity contribution in [3.8, 4) is 16.9 Å². The summed E-state index contributed by atoms with van der Waals surface area (Å²) in [5.74, 6) is 0.340. The lowest BCUT2D eigenvalue weighted by Gasteiger charge is -2.31. The van der Waals surface area contributed by atoms with Gasteiger partial charge in [0.15, 0.2) is 5.78 Å². The van der Waals surface area contributed by atoms with Crippen molar-refractivity contribution in [3.05, 3.63) is 58.3 Å². The predicted octanol–water partition coefficient (Wildman–Crippen LogP) is 5.23. The Morgan fingerprint density at radius 2 is 1.85 bits per heavy atom. The minimum absolute atomic E-state index is 0.0284. The number of benzene rings is 2. The topological polar surface area (TPSA) is 55.8 Å². The molecule has 0 spiro atoms. The quantitative estimate of drug-likeness (QED) is 0.782. The van der Waals surface area contributed by atoms with Crippen molar-refractivity contribution in [1.82, 2.24) is 0 Å². The first-order chi connectivity index (χ1) is 12.8. The zero-order valence-electron chi connectivity index (χ0n) is 15.9. The molecule has 0 aliphatic carbocycles. The number of halogens is 1. The van der Waals surface area contributed by atoms with E-state index in [1.54, 1.807) is 27.0 Å². The molecule has 3 rings (SSSR count). The normalized spacial score (nSPS) is 16.6. The Balaban J connectivity index is 2.19. The van der Waals surface area contributed by atoms with Gasteiger partial charge in [-0.1, -0.05) is 36.7 Å². The molecule has 0 bridgehead atoms. The van der Waals surface area contributed by atoms with Gasteiger partial charge in [-0.3, -0.25) is 4.79 Å². The number of carbonyl (C=O) groups excluding carboxylic acids is 1. The van der Waals surface area contributed by atoms with Gasteiger partial charge in [0.1, 0.15) is 23.7 Å². The molecular weight excluding hydrogens is 364 g/mol. The largest absolute Gasteiger partial charge is 0.508 e. The number of carbonyl (C=O) groups is 1. The van der Waals surface area contributed by atoms with Gasteiger partial charge in [0.05, 0.1) is 17.7 Å². The zero-order chi connectivity index (χ0) is 19.8. The van der Waals surface area contributed by atoms with Crippen molar-refractivity contribution in [3.63, 3.8) is 0 Å². The van der Waals surface area contributed by atoms with Gasteiger partial charge in [-0.15, -0.1) is 0 Å². The van der Waals surface area contributed by atoms with Crippen molar-refractivity contribution in [2.24, 2.45) is 0 Å². The van der Waals surface area contributed by atoms with Crippen LogP contribution in [0, 0.1) is 0 Å². The van der Waals surface area contributed by atoms with E-state index in [4.69, 9.17) is 21.1 Å². The molecule has 2 aromatic rings. The van der Waals surface area contributed by atoms with Crippen LogP contribution in [-0.4, -0.2) is 30.2 Å². The molecule has 4 nitrogen and oxygen atoms in total. The van der Waals surface area contributed by atoms with Crippen LogP contribution < -0.4 is 4.74 Å². The molecule has 0 saturated carbocycles. The fourth-order valence-corrected chi connectivity index (χ4v) is 3.43. The Hall–Kier alpha value is -2.30. The van der Waals surface area contributed by atoms with E-state index in [-0.39, 0.29) is 18.1 Å². The fraction of sp³-hybridized carbons (Fsp3) is 0.318. The summed E-state index contributed by atoms with van der Waals surface area (Å²) in [5, 5.41) is 11.3. The summed E-state index contributed by atoms with van der Waals surface area (Å²) >= 11 is 6.13. The number of aliphatic hydroxyl groups is 1. The van der Waals surface area contributed by atoms with Gasteiger partial charge in [-0.05, 0) is 60.7 Å². The second kappa shape index (κ2) is 7.37. The van der Waals surface area contributed by atoms with Crippen LogP contribution in [-0.2, 0) is 16.0 Å². The first kappa shape index (κ1) is 19.5. The minimum atomic E-state index is -0.895. The Morgan fingerprint density at radius 1 is 1.19 bits per heavy atom. The lowest BCUT2D eigenvalue weighted by molar-refractivity contribution is -0.126. The average molecular weight is 387 g/mol. The molecule has 0 radical (unpaired) electrons. The van der Waals surface area contributed by atoms with Crippen LogP contribution in [0.25, 0.3) is 16.7 Å². The molecule has 5 heteroatoms. The average Bonchev–Trinajstić information content (AvgIpc) is 2.66. The third-order valence-corrected chi connectivity index (χ3v) is 5.21. The van der Waals surface area contributed by atoms with E-state index < -0.39 is 5.60 Å². The first-order valence-electron chi connectivity index (χ1n) is 8.86. The highest BCUT2D eigenvalue weighted by Gasteiger charge is 2.36. The zero-order valence-corrected chi connectivity index (χ0v) is 16.7. The molecule has 1 aliphatic heterocycles. The second-order valence-electron chi connectivity index (χ2n) is 7.02. The molecule has 27 heavy (non-hydrogen) atoms. The highest BCUT2D eigenvalue weighted by Crippen LogP contribution is 2.37. The Morgan fingerprint density at radius 3 is 2.52 bits per heavy atom. The number of aryl methyl sites for hydroxylation is 1. The number of hydrogen-bond acceptors (Lipinski definition) is 4. The van der Waals surface area contributed by atoms with Crippen molar-refractivity contribution in [2.45, 2.75) is 32.8 Å². The second-order valence-corrected chi connectivity index (χ2v) is 7.43. The first-order valence-corrected chi connectivity index (χ1v) is 9.24. The van der Waals surface area contributed by atoms with Crippen molar-refractivity contribution >= 4 is 23.0 Å². The van der Waals surface area contributed by atoms with E-state index in [2.05, 4.69) is 0 Å². The number of ketones is 1. The van der Waals surface area contributed by atoms with Crippen LogP contribution in [0.1, 0.15) is 31.9 Å². The molecule has 2 aromatic carbocycles. The van der Waals surface area contributed by atoms with Crippen LogP contribution >= 0.6 is 11.6 Å². The van der Waals surface area contributed by atoms with Gasteiger partial charge in [0, 0.05) is 0 Å². The van der Waals surface area contributed by atoms with Crippen LogP contribution in [0.3, 0.4) is 0 Å². The summed E-state index contributed by atoms with van der Waals surface area (Å²) < 4.78 is 10.8. The van der Waals surface area contributed by atoms with Crippen LogP contribution in [0.2, 0.25) is 5.02 Å². The molecule has 142 valence electrons. The Bertz CT molecular complexity index is 928. The number of hydrogen-bond donors (Lipinski definition) is 1. The minimum Gasteiger partial charge on any atom is -0.508 e. The molecule has 1 heterocycles. The summed E-state index contributed by atoms with van der Waals surface area (Å²) in [6.45, 7) is 5.49.